The molecule has 1 aromatic heterocycles. The van der Waals surface area contributed by atoms with Crippen molar-refractivity contribution in [3.63, 3.8) is 0 Å². The number of nitrogens with zero attached hydrogens (tertiary/aromatic N) is 1. The van der Waals surface area contributed by atoms with Gasteiger partial charge in [0.25, 0.3) is 5.56 Å². The molecular formula is C15H17N3O3. The van der Waals surface area contributed by atoms with E-state index in [9.17, 15) is 9.59 Å². The third-order valence-corrected chi connectivity index (χ3v) is 3.15. The number of aromatic amines is 1. The predicted octanol–water partition coefficient (Wildman–Crippen LogP) is 0.706. The van der Waals surface area contributed by atoms with Crippen LogP contribution in [0.5, 0.6) is 5.75 Å². The van der Waals surface area contributed by atoms with E-state index < -0.39 is 5.91 Å². The third kappa shape index (κ3) is 3.68. The Bertz CT molecular complexity index is 705. The Kier molecular flexibility index (Phi) is 4.37. The number of carbonyl (C=O) groups is 1. The minimum absolute atomic E-state index is 0.100. The van der Waals surface area contributed by atoms with Crippen LogP contribution in [0.2, 0.25) is 0 Å². The molecule has 0 aliphatic carbocycles. The van der Waals surface area contributed by atoms with Gasteiger partial charge in [0, 0.05) is 17.7 Å². The molecular weight excluding hydrogens is 270 g/mol. The highest BCUT2D eigenvalue weighted by molar-refractivity contribution is 5.76. The number of carbonyl (C=O) groups excluding carboxylic acids is 1. The molecule has 0 bridgehead atoms. The predicted molar refractivity (Wildman–Crippen MR) is 78.3 cm³/mol. The molecule has 2 aromatic rings. The molecule has 6 nitrogen and oxygen atoms in total. The number of hydrogen-bond acceptors (Lipinski definition) is 4. The zero-order valence-electron chi connectivity index (χ0n) is 12.0. The molecule has 0 unspecified atom stereocenters. The molecule has 2 rings (SSSR count). The summed E-state index contributed by atoms with van der Waals surface area (Å²) in [6.45, 7) is 1.70. The Labute approximate surface area is 122 Å². The molecule has 0 saturated heterocycles. The fourth-order valence-electron chi connectivity index (χ4n) is 2.07. The second-order valence-corrected chi connectivity index (χ2v) is 4.74. The van der Waals surface area contributed by atoms with Gasteiger partial charge in [-0.2, -0.15) is 0 Å². The molecule has 0 radical (unpaired) electrons. The Hall–Kier alpha value is -2.63. The highest BCUT2D eigenvalue weighted by atomic mass is 16.5. The van der Waals surface area contributed by atoms with Crippen molar-refractivity contribution < 1.29 is 9.53 Å². The van der Waals surface area contributed by atoms with Gasteiger partial charge in [0.2, 0.25) is 5.91 Å². The van der Waals surface area contributed by atoms with Gasteiger partial charge in [0.1, 0.15) is 11.6 Å². The van der Waals surface area contributed by atoms with Crippen LogP contribution in [0.25, 0.3) is 0 Å². The molecule has 6 heteroatoms. The molecule has 0 saturated carbocycles. The van der Waals surface area contributed by atoms with Crippen LogP contribution in [-0.2, 0) is 17.6 Å². The lowest BCUT2D eigenvalue weighted by molar-refractivity contribution is -0.117. The Morgan fingerprint density at radius 1 is 1.33 bits per heavy atom. The lowest BCUT2D eigenvalue weighted by Crippen LogP contribution is -2.24. The van der Waals surface area contributed by atoms with E-state index in [1.165, 1.54) is 0 Å². The molecule has 110 valence electrons. The maximum Gasteiger partial charge on any atom is 0.254 e. The van der Waals surface area contributed by atoms with Crippen LogP contribution in [0, 0.1) is 6.92 Å². The smallest absolute Gasteiger partial charge is 0.254 e. The lowest BCUT2D eigenvalue weighted by Gasteiger charge is -2.07. The molecule has 0 spiro atoms. The number of methoxy groups -OCH3 is 1. The van der Waals surface area contributed by atoms with E-state index in [1.807, 2.05) is 24.3 Å². The van der Waals surface area contributed by atoms with E-state index >= 15 is 0 Å². The van der Waals surface area contributed by atoms with Gasteiger partial charge in [0.05, 0.1) is 13.5 Å². The summed E-state index contributed by atoms with van der Waals surface area (Å²) in [6.07, 6.45) is 0.397. The summed E-state index contributed by atoms with van der Waals surface area (Å²) < 4.78 is 5.09. The number of ether oxygens (including phenoxy) is 1. The Morgan fingerprint density at radius 2 is 2.00 bits per heavy atom. The summed E-state index contributed by atoms with van der Waals surface area (Å²) in [5, 5.41) is 0. The maximum atomic E-state index is 12.0. The van der Waals surface area contributed by atoms with E-state index in [1.54, 1.807) is 14.0 Å². The van der Waals surface area contributed by atoms with Crippen molar-refractivity contribution in [2.75, 3.05) is 7.11 Å². The quantitative estimate of drug-likeness (QED) is 0.846. The minimum atomic E-state index is -0.548. The van der Waals surface area contributed by atoms with Crippen LogP contribution in [-0.4, -0.2) is 23.0 Å². The fraction of sp³-hybridized carbons (Fsp3) is 0.267. The summed E-state index contributed by atoms with van der Waals surface area (Å²) >= 11 is 0. The number of aryl methyl sites for hydroxylation is 1. The number of nitrogens with one attached hydrogen (secondary N) is 1. The van der Waals surface area contributed by atoms with E-state index in [0.717, 1.165) is 11.3 Å². The van der Waals surface area contributed by atoms with Crippen LogP contribution in [0.15, 0.2) is 29.1 Å². The van der Waals surface area contributed by atoms with Gasteiger partial charge in [-0.1, -0.05) is 12.1 Å². The highest BCUT2D eigenvalue weighted by Gasteiger charge is 2.11. The van der Waals surface area contributed by atoms with Crippen LogP contribution < -0.4 is 16.0 Å². The highest BCUT2D eigenvalue weighted by Crippen LogP contribution is 2.13. The molecule has 0 atom stereocenters. The molecule has 0 aliphatic heterocycles. The van der Waals surface area contributed by atoms with Gasteiger partial charge in [-0.15, -0.1) is 0 Å². The van der Waals surface area contributed by atoms with Gasteiger partial charge >= 0.3 is 0 Å². The number of rotatable bonds is 5. The van der Waals surface area contributed by atoms with Crippen molar-refractivity contribution >= 4 is 5.91 Å². The number of H-pyrrole nitrogens is 1. The van der Waals surface area contributed by atoms with Gasteiger partial charge in [-0.25, -0.2) is 4.98 Å². The number of hydrogen-bond donors (Lipinski definition) is 2. The summed E-state index contributed by atoms with van der Waals surface area (Å²) in [4.78, 5) is 29.9. The molecule has 0 fully saturated rings. The molecule has 1 heterocycles. The van der Waals surface area contributed by atoms with Crippen molar-refractivity contribution in [1.29, 1.82) is 0 Å². The van der Waals surface area contributed by atoms with Crippen molar-refractivity contribution in [2.45, 2.75) is 19.8 Å². The second-order valence-electron chi connectivity index (χ2n) is 4.74. The van der Waals surface area contributed by atoms with E-state index in [4.69, 9.17) is 10.5 Å². The fourth-order valence-corrected chi connectivity index (χ4v) is 2.07. The van der Waals surface area contributed by atoms with Crippen molar-refractivity contribution in [1.82, 2.24) is 9.97 Å². The van der Waals surface area contributed by atoms with Crippen LogP contribution >= 0.6 is 0 Å². The van der Waals surface area contributed by atoms with E-state index in [2.05, 4.69) is 9.97 Å². The van der Waals surface area contributed by atoms with E-state index in [0.29, 0.717) is 23.5 Å². The van der Waals surface area contributed by atoms with Crippen LogP contribution in [0.1, 0.15) is 22.6 Å². The third-order valence-electron chi connectivity index (χ3n) is 3.15. The summed E-state index contributed by atoms with van der Waals surface area (Å²) in [5.41, 5.74) is 6.65. The van der Waals surface area contributed by atoms with Crippen LogP contribution in [0.3, 0.4) is 0 Å². The van der Waals surface area contributed by atoms with Crippen molar-refractivity contribution in [2.24, 2.45) is 5.73 Å². The van der Waals surface area contributed by atoms with Crippen LogP contribution in [0.4, 0.5) is 0 Å². The summed E-state index contributed by atoms with van der Waals surface area (Å²) in [7, 11) is 1.61. The summed E-state index contributed by atoms with van der Waals surface area (Å²) in [6, 6.07) is 7.51. The first-order chi connectivity index (χ1) is 9.99. The minimum Gasteiger partial charge on any atom is -0.497 e. The molecule has 3 N–H and O–H groups in total. The van der Waals surface area contributed by atoms with Crippen molar-refractivity contribution in [3.8, 4) is 5.75 Å². The standard InChI is InChI=1S/C15H17N3O3/c1-9-12(8-13(16)19)15(20)18-14(17-9)7-10-3-5-11(21-2)6-4-10/h3-6H,7-8H2,1-2H3,(H2,16,19)(H,17,18,20). The molecule has 0 aliphatic rings. The first-order valence-electron chi connectivity index (χ1n) is 6.49. The molecule has 1 aromatic carbocycles. The number of primary amides is 1. The zero-order chi connectivity index (χ0) is 15.4. The Morgan fingerprint density at radius 3 is 2.52 bits per heavy atom. The van der Waals surface area contributed by atoms with E-state index in [-0.39, 0.29) is 12.0 Å². The average Bonchev–Trinajstić information content (AvgIpc) is 2.43. The maximum absolute atomic E-state index is 12.0. The molecule has 21 heavy (non-hydrogen) atoms. The monoisotopic (exact) mass is 287 g/mol. The summed E-state index contributed by atoms with van der Waals surface area (Å²) in [5.74, 6) is 0.775. The van der Waals surface area contributed by atoms with Gasteiger partial charge in [0.15, 0.2) is 0 Å². The first-order valence-corrected chi connectivity index (χ1v) is 6.49. The topological polar surface area (TPSA) is 98.1 Å². The molecule has 1 amide bonds. The number of nitrogens with two attached hydrogens (primary N) is 1. The number of benzene rings is 1. The second kappa shape index (κ2) is 6.21. The first kappa shape index (κ1) is 14.8. The Balaban J connectivity index is 2.24. The zero-order valence-corrected chi connectivity index (χ0v) is 12.0. The van der Waals surface area contributed by atoms with Gasteiger partial charge < -0.3 is 15.5 Å². The number of aromatic nitrogens is 2. The van der Waals surface area contributed by atoms with Gasteiger partial charge in [-0.05, 0) is 24.6 Å². The SMILES string of the molecule is COc1ccc(Cc2nc(C)c(CC(N)=O)c(=O)[nH]2)cc1. The van der Waals surface area contributed by atoms with Gasteiger partial charge in [-0.3, -0.25) is 9.59 Å². The number of amides is 1. The normalized spacial score (nSPS) is 10.4. The average molecular weight is 287 g/mol. The van der Waals surface area contributed by atoms with Crippen molar-refractivity contribution in [3.05, 3.63) is 57.3 Å². The largest absolute Gasteiger partial charge is 0.497 e. The lowest BCUT2D eigenvalue weighted by atomic mass is 10.1.